The molecule has 1 aliphatic heterocycles. The van der Waals surface area contributed by atoms with Crippen molar-refractivity contribution < 1.29 is 0 Å². The fourth-order valence-corrected chi connectivity index (χ4v) is 2.43. The maximum absolute atomic E-state index is 3.46. The SMILES string of the molecule is Cc1ccc(C)c(C2(C)CCNC2)c1. The first-order chi connectivity index (χ1) is 6.62. The van der Waals surface area contributed by atoms with Gasteiger partial charge in [-0.1, -0.05) is 30.7 Å². The van der Waals surface area contributed by atoms with E-state index in [2.05, 4.69) is 44.3 Å². The molecule has 0 amide bonds. The minimum atomic E-state index is 0.357. The van der Waals surface area contributed by atoms with Crippen LogP contribution in [0.4, 0.5) is 0 Å². The summed E-state index contributed by atoms with van der Waals surface area (Å²) >= 11 is 0. The second-order valence-electron chi connectivity index (χ2n) is 4.81. The standard InChI is InChI=1S/C13H19N/c1-10-4-5-11(2)12(8-10)13(3)6-7-14-9-13/h4-5,8,14H,6-7,9H2,1-3H3. The highest BCUT2D eigenvalue weighted by Gasteiger charge is 2.31. The van der Waals surface area contributed by atoms with Gasteiger partial charge in [0.25, 0.3) is 0 Å². The molecule has 1 atom stereocenters. The van der Waals surface area contributed by atoms with E-state index in [4.69, 9.17) is 0 Å². The number of hydrogen-bond donors (Lipinski definition) is 1. The Kier molecular flexibility index (Phi) is 2.36. The molecule has 2 rings (SSSR count). The molecule has 14 heavy (non-hydrogen) atoms. The molecule has 1 heterocycles. The Hall–Kier alpha value is -0.820. The van der Waals surface area contributed by atoms with E-state index in [1.54, 1.807) is 0 Å². The van der Waals surface area contributed by atoms with Gasteiger partial charge in [-0.25, -0.2) is 0 Å². The van der Waals surface area contributed by atoms with Crippen LogP contribution in [-0.2, 0) is 5.41 Å². The summed E-state index contributed by atoms with van der Waals surface area (Å²) in [6.45, 7) is 9.04. The molecule has 1 aliphatic rings. The van der Waals surface area contributed by atoms with Crippen LogP contribution in [0.5, 0.6) is 0 Å². The topological polar surface area (TPSA) is 12.0 Å². The molecule has 1 aromatic rings. The van der Waals surface area contributed by atoms with Gasteiger partial charge in [-0.3, -0.25) is 0 Å². The highest BCUT2D eigenvalue weighted by molar-refractivity contribution is 5.37. The maximum Gasteiger partial charge on any atom is 0.00643 e. The van der Waals surface area contributed by atoms with Crippen LogP contribution in [0.15, 0.2) is 18.2 Å². The first kappa shape index (κ1) is 9.72. The minimum Gasteiger partial charge on any atom is -0.316 e. The molecule has 1 nitrogen and oxygen atoms in total. The zero-order valence-electron chi connectivity index (χ0n) is 9.35. The lowest BCUT2D eigenvalue weighted by atomic mass is 9.79. The van der Waals surface area contributed by atoms with E-state index in [-0.39, 0.29) is 0 Å². The Morgan fingerprint density at radius 2 is 2.07 bits per heavy atom. The third kappa shape index (κ3) is 1.57. The van der Waals surface area contributed by atoms with Crippen molar-refractivity contribution in [2.24, 2.45) is 0 Å². The smallest absolute Gasteiger partial charge is 0.00643 e. The molecule has 0 radical (unpaired) electrons. The van der Waals surface area contributed by atoms with Gasteiger partial charge in [0, 0.05) is 12.0 Å². The molecular formula is C13H19N. The van der Waals surface area contributed by atoms with Crippen molar-refractivity contribution in [3.63, 3.8) is 0 Å². The second-order valence-corrected chi connectivity index (χ2v) is 4.81. The second kappa shape index (κ2) is 3.39. The van der Waals surface area contributed by atoms with Gasteiger partial charge in [-0.05, 0) is 37.9 Å². The van der Waals surface area contributed by atoms with Crippen LogP contribution in [0.3, 0.4) is 0 Å². The zero-order chi connectivity index (χ0) is 10.2. The lowest BCUT2D eigenvalue weighted by molar-refractivity contribution is 0.521. The molecular weight excluding hydrogens is 170 g/mol. The van der Waals surface area contributed by atoms with Gasteiger partial charge in [0.2, 0.25) is 0 Å². The predicted molar refractivity (Wildman–Crippen MR) is 60.8 cm³/mol. The van der Waals surface area contributed by atoms with Crippen LogP contribution >= 0.6 is 0 Å². The van der Waals surface area contributed by atoms with E-state index in [1.807, 2.05) is 0 Å². The van der Waals surface area contributed by atoms with Gasteiger partial charge in [0.05, 0.1) is 0 Å². The summed E-state index contributed by atoms with van der Waals surface area (Å²) in [5.74, 6) is 0. The minimum absolute atomic E-state index is 0.357. The van der Waals surface area contributed by atoms with Crippen molar-refractivity contribution in [1.29, 1.82) is 0 Å². The number of nitrogens with one attached hydrogen (secondary N) is 1. The highest BCUT2D eigenvalue weighted by atomic mass is 14.9. The van der Waals surface area contributed by atoms with E-state index in [0.717, 1.165) is 13.1 Å². The molecule has 0 saturated carbocycles. The predicted octanol–water partition coefficient (Wildman–Crippen LogP) is 2.55. The summed E-state index contributed by atoms with van der Waals surface area (Å²) in [7, 11) is 0. The van der Waals surface area contributed by atoms with Crippen LogP contribution < -0.4 is 5.32 Å². The van der Waals surface area contributed by atoms with Gasteiger partial charge in [-0.2, -0.15) is 0 Å². The van der Waals surface area contributed by atoms with Crippen molar-refractivity contribution in [3.05, 3.63) is 34.9 Å². The molecule has 1 unspecified atom stereocenters. The maximum atomic E-state index is 3.46. The third-order valence-corrected chi connectivity index (χ3v) is 3.41. The lowest BCUT2D eigenvalue weighted by Crippen LogP contribution is -2.25. The number of hydrogen-bond acceptors (Lipinski definition) is 1. The monoisotopic (exact) mass is 189 g/mol. The molecule has 1 N–H and O–H groups in total. The van der Waals surface area contributed by atoms with Gasteiger partial charge >= 0.3 is 0 Å². The van der Waals surface area contributed by atoms with Crippen LogP contribution in [0.25, 0.3) is 0 Å². The van der Waals surface area contributed by atoms with Crippen molar-refractivity contribution in [2.75, 3.05) is 13.1 Å². The average Bonchev–Trinajstić information content (AvgIpc) is 2.58. The van der Waals surface area contributed by atoms with Gasteiger partial charge in [0.1, 0.15) is 0 Å². The summed E-state index contributed by atoms with van der Waals surface area (Å²) in [6, 6.07) is 6.79. The first-order valence-electron chi connectivity index (χ1n) is 5.40. The Morgan fingerprint density at radius 1 is 1.29 bits per heavy atom. The largest absolute Gasteiger partial charge is 0.316 e. The van der Waals surface area contributed by atoms with Crippen LogP contribution in [0.1, 0.15) is 30.0 Å². The van der Waals surface area contributed by atoms with Crippen molar-refractivity contribution in [2.45, 2.75) is 32.6 Å². The Balaban J connectivity index is 2.44. The van der Waals surface area contributed by atoms with E-state index >= 15 is 0 Å². The van der Waals surface area contributed by atoms with Gasteiger partial charge < -0.3 is 5.32 Å². The van der Waals surface area contributed by atoms with E-state index in [0.29, 0.717) is 5.41 Å². The fraction of sp³-hybridized carbons (Fsp3) is 0.538. The van der Waals surface area contributed by atoms with Crippen molar-refractivity contribution in [3.8, 4) is 0 Å². The highest BCUT2D eigenvalue weighted by Crippen LogP contribution is 2.32. The van der Waals surface area contributed by atoms with E-state index < -0.39 is 0 Å². The van der Waals surface area contributed by atoms with Crippen LogP contribution in [0.2, 0.25) is 0 Å². The Morgan fingerprint density at radius 3 is 2.71 bits per heavy atom. The molecule has 1 fully saturated rings. The molecule has 1 aromatic carbocycles. The summed E-state index contributed by atoms with van der Waals surface area (Å²) < 4.78 is 0. The lowest BCUT2D eigenvalue weighted by Gasteiger charge is -2.25. The summed E-state index contributed by atoms with van der Waals surface area (Å²) in [5.41, 5.74) is 4.69. The summed E-state index contributed by atoms with van der Waals surface area (Å²) in [4.78, 5) is 0. The molecule has 1 saturated heterocycles. The zero-order valence-corrected chi connectivity index (χ0v) is 9.35. The summed E-state index contributed by atoms with van der Waals surface area (Å²) in [6.07, 6.45) is 1.26. The van der Waals surface area contributed by atoms with Crippen LogP contribution in [0, 0.1) is 13.8 Å². The normalized spacial score (nSPS) is 26.8. The first-order valence-corrected chi connectivity index (χ1v) is 5.40. The molecule has 0 aliphatic carbocycles. The van der Waals surface area contributed by atoms with Crippen LogP contribution in [-0.4, -0.2) is 13.1 Å². The Labute approximate surface area is 86.5 Å². The van der Waals surface area contributed by atoms with Gasteiger partial charge in [-0.15, -0.1) is 0 Å². The number of benzene rings is 1. The molecule has 76 valence electrons. The van der Waals surface area contributed by atoms with Crippen molar-refractivity contribution in [1.82, 2.24) is 5.32 Å². The average molecular weight is 189 g/mol. The summed E-state index contributed by atoms with van der Waals surface area (Å²) in [5, 5.41) is 3.46. The van der Waals surface area contributed by atoms with E-state index in [1.165, 1.54) is 23.1 Å². The molecule has 0 aromatic heterocycles. The third-order valence-electron chi connectivity index (χ3n) is 3.41. The van der Waals surface area contributed by atoms with Gasteiger partial charge in [0.15, 0.2) is 0 Å². The molecule has 0 spiro atoms. The van der Waals surface area contributed by atoms with Crippen molar-refractivity contribution >= 4 is 0 Å². The molecule has 1 heteroatoms. The fourth-order valence-electron chi connectivity index (χ4n) is 2.43. The number of rotatable bonds is 1. The van der Waals surface area contributed by atoms with E-state index in [9.17, 15) is 0 Å². The quantitative estimate of drug-likeness (QED) is 0.716. The molecule has 0 bridgehead atoms. The number of aryl methyl sites for hydroxylation is 2. The Bertz CT molecular complexity index is 335.